The minimum absolute atomic E-state index is 0.0170. The van der Waals surface area contributed by atoms with Crippen molar-refractivity contribution < 1.29 is 4.79 Å². The Kier molecular flexibility index (Phi) is 2.55. The number of hydrogen-bond donors (Lipinski definition) is 1. The Morgan fingerprint density at radius 1 is 1.39 bits per heavy atom. The fraction of sp³-hybridized carbons (Fsp3) is 0.500. The summed E-state index contributed by atoms with van der Waals surface area (Å²) in [4.78, 5) is 15.9. The van der Waals surface area contributed by atoms with Gasteiger partial charge in [0.05, 0.1) is 5.69 Å². The van der Waals surface area contributed by atoms with Gasteiger partial charge in [-0.3, -0.25) is 4.79 Å². The number of hydrogen-bond acceptors (Lipinski definition) is 3. The van der Waals surface area contributed by atoms with Crippen LogP contribution in [0.25, 0.3) is 0 Å². The maximum absolute atomic E-state index is 11.8. The Balaban J connectivity index is 2.00. The third-order valence-corrected chi connectivity index (χ3v) is 4.19. The number of carbonyl (C=O) groups is 1. The van der Waals surface area contributed by atoms with Crippen molar-refractivity contribution in [2.75, 3.05) is 23.4 Å². The van der Waals surface area contributed by atoms with Gasteiger partial charge in [0.15, 0.2) is 0 Å². The van der Waals surface area contributed by atoms with E-state index in [0.29, 0.717) is 6.04 Å². The topological polar surface area (TPSA) is 49.6 Å². The Morgan fingerprint density at radius 2 is 2.17 bits per heavy atom. The van der Waals surface area contributed by atoms with Gasteiger partial charge in [-0.05, 0) is 31.9 Å². The predicted molar refractivity (Wildman–Crippen MR) is 72.8 cm³/mol. The summed E-state index contributed by atoms with van der Waals surface area (Å²) < 4.78 is 0. The summed E-state index contributed by atoms with van der Waals surface area (Å²) in [6.45, 7) is 3.35. The van der Waals surface area contributed by atoms with E-state index in [-0.39, 0.29) is 5.91 Å². The zero-order valence-electron chi connectivity index (χ0n) is 10.9. The molecule has 2 unspecified atom stereocenters. The smallest absolute Gasteiger partial charge is 0.248 e. The number of carbonyl (C=O) groups excluding carboxylic acids is 1. The third kappa shape index (κ3) is 1.52. The van der Waals surface area contributed by atoms with Crippen molar-refractivity contribution in [3.63, 3.8) is 0 Å². The number of likely N-dealkylation sites (N-methyl/N-ethyl adjacent to an activating group) is 1. The van der Waals surface area contributed by atoms with Crippen LogP contribution in [0.5, 0.6) is 0 Å². The van der Waals surface area contributed by atoms with Crippen LogP contribution in [-0.4, -0.2) is 25.5 Å². The molecule has 4 heteroatoms. The van der Waals surface area contributed by atoms with Crippen molar-refractivity contribution in [1.82, 2.24) is 0 Å². The first-order valence-corrected chi connectivity index (χ1v) is 6.53. The molecule has 1 amide bonds. The van der Waals surface area contributed by atoms with Crippen molar-refractivity contribution in [2.24, 2.45) is 5.73 Å². The van der Waals surface area contributed by atoms with Crippen LogP contribution in [0.15, 0.2) is 18.2 Å². The van der Waals surface area contributed by atoms with Gasteiger partial charge in [-0.25, -0.2) is 0 Å². The molecule has 0 spiro atoms. The van der Waals surface area contributed by atoms with E-state index in [1.807, 2.05) is 6.07 Å². The van der Waals surface area contributed by atoms with Crippen molar-refractivity contribution in [1.29, 1.82) is 0 Å². The summed E-state index contributed by atoms with van der Waals surface area (Å²) in [6, 6.07) is 6.28. The van der Waals surface area contributed by atoms with Crippen LogP contribution in [0, 0.1) is 0 Å². The average Bonchev–Trinajstić information content (AvgIpc) is 2.89. The Hall–Kier alpha value is -1.55. The van der Waals surface area contributed by atoms with Crippen LogP contribution >= 0.6 is 0 Å². The second kappa shape index (κ2) is 3.99. The molecule has 0 saturated carbocycles. The van der Waals surface area contributed by atoms with E-state index in [1.165, 1.54) is 18.5 Å². The second-order valence-electron chi connectivity index (χ2n) is 5.30. The molecule has 1 fully saturated rings. The Morgan fingerprint density at radius 3 is 2.83 bits per heavy atom. The number of fused-ring (bicyclic) bond motifs is 1. The van der Waals surface area contributed by atoms with Gasteiger partial charge in [0.1, 0.15) is 6.04 Å². The molecule has 2 aliphatic heterocycles. The third-order valence-electron chi connectivity index (χ3n) is 4.19. The quantitative estimate of drug-likeness (QED) is 0.818. The van der Waals surface area contributed by atoms with Gasteiger partial charge in [0, 0.05) is 30.9 Å². The van der Waals surface area contributed by atoms with Crippen molar-refractivity contribution in [3.8, 4) is 0 Å². The lowest BCUT2D eigenvalue weighted by molar-refractivity contribution is -0.118. The second-order valence-corrected chi connectivity index (χ2v) is 5.30. The van der Waals surface area contributed by atoms with Gasteiger partial charge >= 0.3 is 0 Å². The van der Waals surface area contributed by atoms with Gasteiger partial charge in [-0.2, -0.15) is 0 Å². The standard InChI is InChI=1S/C14H19N3O/c1-9-4-3-7-17(9)10-5-6-11-12(8-10)16(2)14(18)13(11)15/h5-6,8-9,13H,3-4,7,15H2,1-2H3. The van der Waals surface area contributed by atoms with Crippen LogP contribution in [0.3, 0.4) is 0 Å². The summed E-state index contributed by atoms with van der Waals surface area (Å²) in [5.74, 6) is -0.0170. The molecule has 2 heterocycles. The number of amides is 1. The number of anilines is 2. The molecule has 2 N–H and O–H groups in total. The monoisotopic (exact) mass is 245 g/mol. The lowest BCUT2D eigenvalue weighted by Gasteiger charge is -2.25. The SMILES string of the molecule is CC1CCCN1c1ccc2c(c1)N(C)C(=O)C2N. The van der Waals surface area contributed by atoms with E-state index in [0.717, 1.165) is 17.8 Å². The van der Waals surface area contributed by atoms with Gasteiger partial charge in [-0.15, -0.1) is 0 Å². The molecule has 3 rings (SSSR count). The maximum Gasteiger partial charge on any atom is 0.248 e. The molecule has 0 bridgehead atoms. The van der Waals surface area contributed by atoms with Crippen LogP contribution in [0.4, 0.5) is 11.4 Å². The predicted octanol–water partition coefficient (Wildman–Crippen LogP) is 1.65. The highest BCUT2D eigenvalue weighted by Gasteiger charge is 2.33. The molecule has 2 atom stereocenters. The molecule has 18 heavy (non-hydrogen) atoms. The highest BCUT2D eigenvalue weighted by molar-refractivity contribution is 6.04. The minimum atomic E-state index is -0.491. The minimum Gasteiger partial charge on any atom is -0.369 e. The number of benzene rings is 1. The van der Waals surface area contributed by atoms with Crippen LogP contribution < -0.4 is 15.5 Å². The fourth-order valence-corrected chi connectivity index (χ4v) is 3.04. The molecule has 4 nitrogen and oxygen atoms in total. The van der Waals surface area contributed by atoms with E-state index in [2.05, 4.69) is 24.0 Å². The number of rotatable bonds is 1. The fourth-order valence-electron chi connectivity index (χ4n) is 3.04. The van der Waals surface area contributed by atoms with Crippen LogP contribution in [-0.2, 0) is 4.79 Å². The van der Waals surface area contributed by atoms with E-state index < -0.39 is 6.04 Å². The molecular formula is C14H19N3O. The summed E-state index contributed by atoms with van der Waals surface area (Å²) >= 11 is 0. The Bertz CT molecular complexity index is 500. The Labute approximate surface area is 107 Å². The molecule has 0 aliphatic carbocycles. The van der Waals surface area contributed by atoms with E-state index in [4.69, 9.17) is 5.73 Å². The first-order valence-electron chi connectivity index (χ1n) is 6.53. The van der Waals surface area contributed by atoms with Gasteiger partial charge < -0.3 is 15.5 Å². The lowest BCUT2D eigenvalue weighted by atomic mass is 10.1. The lowest BCUT2D eigenvalue weighted by Crippen LogP contribution is -2.28. The number of nitrogens with two attached hydrogens (primary N) is 1. The molecule has 2 aliphatic rings. The van der Waals surface area contributed by atoms with Crippen molar-refractivity contribution >= 4 is 17.3 Å². The summed E-state index contributed by atoms with van der Waals surface area (Å²) in [5, 5.41) is 0. The van der Waals surface area contributed by atoms with E-state index in [9.17, 15) is 4.79 Å². The van der Waals surface area contributed by atoms with E-state index in [1.54, 1.807) is 11.9 Å². The molecule has 96 valence electrons. The zero-order chi connectivity index (χ0) is 12.9. The molecular weight excluding hydrogens is 226 g/mol. The van der Waals surface area contributed by atoms with Gasteiger partial charge in [0.2, 0.25) is 5.91 Å². The molecule has 0 radical (unpaired) electrons. The van der Waals surface area contributed by atoms with Crippen LogP contribution in [0.2, 0.25) is 0 Å². The number of nitrogens with zero attached hydrogens (tertiary/aromatic N) is 2. The summed E-state index contributed by atoms with van der Waals surface area (Å²) in [7, 11) is 1.80. The average molecular weight is 245 g/mol. The normalized spacial score (nSPS) is 26.9. The molecule has 1 aromatic rings. The highest BCUT2D eigenvalue weighted by Crippen LogP contribution is 2.37. The zero-order valence-corrected chi connectivity index (χ0v) is 10.9. The summed E-state index contributed by atoms with van der Waals surface area (Å²) in [6.07, 6.45) is 2.48. The summed E-state index contributed by atoms with van der Waals surface area (Å²) in [5.41, 5.74) is 9.01. The largest absolute Gasteiger partial charge is 0.369 e. The van der Waals surface area contributed by atoms with Gasteiger partial charge in [0.25, 0.3) is 0 Å². The maximum atomic E-state index is 11.8. The van der Waals surface area contributed by atoms with E-state index >= 15 is 0 Å². The van der Waals surface area contributed by atoms with Crippen molar-refractivity contribution in [2.45, 2.75) is 31.8 Å². The molecule has 1 aromatic carbocycles. The molecule has 1 saturated heterocycles. The van der Waals surface area contributed by atoms with Crippen LogP contribution in [0.1, 0.15) is 31.4 Å². The first kappa shape index (κ1) is 11.5. The first-order chi connectivity index (χ1) is 8.59. The van der Waals surface area contributed by atoms with Crippen molar-refractivity contribution in [3.05, 3.63) is 23.8 Å². The van der Waals surface area contributed by atoms with Gasteiger partial charge in [-0.1, -0.05) is 6.07 Å². The highest BCUT2D eigenvalue weighted by atomic mass is 16.2. The molecule has 0 aromatic heterocycles.